The minimum absolute atomic E-state index is 0.188. The predicted molar refractivity (Wildman–Crippen MR) is 65.1 cm³/mol. The van der Waals surface area contributed by atoms with Gasteiger partial charge in [-0.3, -0.25) is 4.79 Å². The molecule has 2 aromatic rings. The van der Waals surface area contributed by atoms with E-state index in [-0.39, 0.29) is 5.91 Å². The lowest BCUT2D eigenvalue weighted by Gasteiger charge is -2.04. The van der Waals surface area contributed by atoms with Gasteiger partial charge >= 0.3 is 0 Å². The standard InChI is InChI=1S/C13H14N2O2/c1-8-7-17-10(3)12(8)13(16)15-11-6-4-5-9(2)14-11/h4-7H,1-3H3,(H,14,15,16). The van der Waals surface area contributed by atoms with Crippen LogP contribution in [0.1, 0.15) is 27.4 Å². The summed E-state index contributed by atoms with van der Waals surface area (Å²) < 4.78 is 5.20. The molecule has 0 spiro atoms. The van der Waals surface area contributed by atoms with Crippen molar-refractivity contribution in [3.63, 3.8) is 0 Å². The quantitative estimate of drug-likeness (QED) is 0.863. The largest absolute Gasteiger partial charge is 0.469 e. The highest BCUT2D eigenvalue weighted by Crippen LogP contribution is 2.17. The maximum atomic E-state index is 12.0. The highest BCUT2D eigenvalue weighted by molar-refractivity contribution is 6.05. The summed E-state index contributed by atoms with van der Waals surface area (Å²) in [7, 11) is 0. The monoisotopic (exact) mass is 230 g/mol. The van der Waals surface area contributed by atoms with Gasteiger partial charge in [0.15, 0.2) is 0 Å². The summed E-state index contributed by atoms with van der Waals surface area (Å²) in [6, 6.07) is 5.49. The van der Waals surface area contributed by atoms with E-state index in [1.54, 1.807) is 19.3 Å². The van der Waals surface area contributed by atoms with E-state index in [0.29, 0.717) is 17.1 Å². The number of aryl methyl sites for hydroxylation is 3. The summed E-state index contributed by atoms with van der Waals surface area (Å²) in [4.78, 5) is 16.2. The highest BCUT2D eigenvalue weighted by atomic mass is 16.3. The Morgan fingerprint density at radius 1 is 1.29 bits per heavy atom. The smallest absolute Gasteiger partial charge is 0.260 e. The molecule has 0 radical (unpaired) electrons. The van der Waals surface area contributed by atoms with Crippen molar-refractivity contribution in [2.24, 2.45) is 0 Å². The van der Waals surface area contributed by atoms with Crippen LogP contribution in [-0.2, 0) is 0 Å². The maximum Gasteiger partial charge on any atom is 0.260 e. The molecule has 0 aliphatic rings. The molecule has 2 aromatic heterocycles. The van der Waals surface area contributed by atoms with Crippen molar-refractivity contribution in [1.29, 1.82) is 0 Å². The van der Waals surface area contributed by atoms with E-state index in [9.17, 15) is 4.79 Å². The molecule has 88 valence electrons. The molecule has 1 N–H and O–H groups in total. The van der Waals surface area contributed by atoms with Gasteiger partial charge in [-0.05, 0) is 32.9 Å². The van der Waals surface area contributed by atoms with Crippen LogP contribution in [0.5, 0.6) is 0 Å². The van der Waals surface area contributed by atoms with Crippen LogP contribution < -0.4 is 5.32 Å². The molecule has 0 aliphatic carbocycles. The van der Waals surface area contributed by atoms with Crippen molar-refractivity contribution < 1.29 is 9.21 Å². The Bertz CT molecular complexity index is 539. The fourth-order valence-electron chi connectivity index (χ4n) is 1.70. The molecule has 0 saturated carbocycles. The molecule has 2 heterocycles. The minimum Gasteiger partial charge on any atom is -0.469 e. The number of rotatable bonds is 2. The molecule has 4 heteroatoms. The number of hydrogen-bond acceptors (Lipinski definition) is 3. The summed E-state index contributed by atoms with van der Waals surface area (Å²) in [6.07, 6.45) is 1.58. The predicted octanol–water partition coefficient (Wildman–Crippen LogP) is 2.85. The van der Waals surface area contributed by atoms with Gasteiger partial charge in [0.1, 0.15) is 11.6 Å². The third kappa shape index (κ3) is 2.36. The van der Waals surface area contributed by atoms with Crippen LogP contribution in [0, 0.1) is 20.8 Å². The lowest BCUT2D eigenvalue weighted by Crippen LogP contribution is -2.14. The maximum absolute atomic E-state index is 12.0. The van der Waals surface area contributed by atoms with Crippen molar-refractivity contribution >= 4 is 11.7 Å². The molecule has 1 amide bonds. The molecule has 17 heavy (non-hydrogen) atoms. The number of nitrogens with zero attached hydrogens (tertiary/aromatic N) is 1. The summed E-state index contributed by atoms with van der Waals surface area (Å²) >= 11 is 0. The summed E-state index contributed by atoms with van der Waals surface area (Å²) in [5, 5.41) is 2.76. The third-order valence-corrected chi connectivity index (χ3v) is 2.52. The lowest BCUT2D eigenvalue weighted by atomic mass is 10.1. The number of aromatic nitrogens is 1. The van der Waals surface area contributed by atoms with Gasteiger partial charge in [-0.2, -0.15) is 0 Å². The molecule has 0 aliphatic heterocycles. The summed E-state index contributed by atoms with van der Waals surface area (Å²) in [6.45, 7) is 5.49. The number of amides is 1. The van der Waals surface area contributed by atoms with Gasteiger partial charge < -0.3 is 9.73 Å². The number of pyridine rings is 1. The van der Waals surface area contributed by atoms with Gasteiger partial charge in [0.05, 0.1) is 11.8 Å². The van der Waals surface area contributed by atoms with Crippen molar-refractivity contribution in [3.05, 3.63) is 47.0 Å². The first-order valence-corrected chi connectivity index (χ1v) is 5.37. The Hall–Kier alpha value is -2.10. The molecular weight excluding hydrogens is 216 g/mol. The number of carbonyl (C=O) groups excluding carboxylic acids is 1. The fraction of sp³-hybridized carbons (Fsp3) is 0.231. The normalized spacial score (nSPS) is 10.3. The molecular formula is C13H14N2O2. The molecule has 0 aromatic carbocycles. The van der Waals surface area contributed by atoms with Crippen LogP contribution in [0.15, 0.2) is 28.9 Å². The zero-order chi connectivity index (χ0) is 12.4. The van der Waals surface area contributed by atoms with Gasteiger partial charge in [-0.25, -0.2) is 4.98 Å². The van der Waals surface area contributed by atoms with Crippen LogP contribution in [0.2, 0.25) is 0 Å². The second kappa shape index (κ2) is 4.41. The molecule has 0 atom stereocenters. The minimum atomic E-state index is -0.188. The zero-order valence-corrected chi connectivity index (χ0v) is 10.1. The Balaban J connectivity index is 2.23. The van der Waals surface area contributed by atoms with Crippen molar-refractivity contribution in [2.75, 3.05) is 5.32 Å². The van der Waals surface area contributed by atoms with Gasteiger partial charge in [-0.15, -0.1) is 0 Å². The lowest BCUT2D eigenvalue weighted by molar-refractivity contribution is 0.102. The van der Waals surface area contributed by atoms with E-state index in [2.05, 4.69) is 10.3 Å². The van der Waals surface area contributed by atoms with Crippen LogP contribution in [0.3, 0.4) is 0 Å². The second-order valence-corrected chi connectivity index (χ2v) is 3.97. The summed E-state index contributed by atoms with van der Waals surface area (Å²) in [5.74, 6) is 0.981. The van der Waals surface area contributed by atoms with Crippen LogP contribution in [0.4, 0.5) is 5.82 Å². The van der Waals surface area contributed by atoms with Crippen LogP contribution >= 0.6 is 0 Å². The molecule has 2 rings (SSSR count). The second-order valence-electron chi connectivity index (χ2n) is 3.97. The number of hydrogen-bond donors (Lipinski definition) is 1. The SMILES string of the molecule is Cc1cccc(NC(=O)c2c(C)coc2C)n1. The topological polar surface area (TPSA) is 55.1 Å². The fourth-order valence-corrected chi connectivity index (χ4v) is 1.70. The molecule has 0 saturated heterocycles. The van der Waals surface area contributed by atoms with Gasteiger partial charge in [0, 0.05) is 11.3 Å². The average Bonchev–Trinajstić information content (AvgIpc) is 2.58. The van der Waals surface area contributed by atoms with Gasteiger partial charge in [0.2, 0.25) is 0 Å². The van der Waals surface area contributed by atoms with E-state index in [0.717, 1.165) is 11.3 Å². The molecule has 0 unspecified atom stereocenters. The molecule has 4 nitrogen and oxygen atoms in total. The van der Waals surface area contributed by atoms with Crippen molar-refractivity contribution in [3.8, 4) is 0 Å². The van der Waals surface area contributed by atoms with E-state index < -0.39 is 0 Å². The Morgan fingerprint density at radius 3 is 2.65 bits per heavy atom. The number of furan rings is 1. The average molecular weight is 230 g/mol. The van der Waals surface area contributed by atoms with E-state index in [1.165, 1.54) is 0 Å². The Kier molecular flexibility index (Phi) is 2.95. The third-order valence-electron chi connectivity index (χ3n) is 2.52. The van der Waals surface area contributed by atoms with E-state index >= 15 is 0 Å². The van der Waals surface area contributed by atoms with Crippen molar-refractivity contribution in [2.45, 2.75) is 20.8 Å². The Morgan fingerprint density at radius 2 is 2.06 bits per heavy atom. The van der Waals surface area contributed by atoms with E-state index in [1.807, 2.05) is 26.0 Å². The van der Waals surface area contributed by atoms with E-state index in [4.69, 9.17) is 4.42 Å². The number of carbonyl (C=O) groups is 1. The molecule has 0 bridgehead atoms. The molecule has 0 fully saturated rings. The Labute approximate surface area is 99.7 Å². The highest BCUT2D eigenvalue weighted by Gasteiger charge is 2.15. The van der Waals surface area contributed by atoms with Gasteiger partial charge in [0.25, 0.3) is 5.91 Å². The van der Waals surface area contributed by atoms with Gasteiger partial charge in [-0.1, -0.05) is 6.07 Å². The number of anilines is 1. The first-order valence-electron chi connectivity index (χ1n) is 5.37. The first kappa shape index (κ1) is 11.4. The van der Waals surface area contributed by atoms with Crippen LogP contribution in [0.25, 0.3) is 0 Å². The summed E-state index contributed by atoms with van der Waals surface area (Å²) in [5.41, 5.74) is 2.27. The number of nitrogens with one attached hydrogen (secondary N) is 1. The zero-order valence-electron chi connectivity index (χ0n) is 10.1. The van der Waals surface area contributed by atoms with Crippen LogP contribution in [-0.4, -0.2) is 10.9 Å². The van der Waals surface area contributed by atoms with Crippen molar-refractivity contribution in [1.82, 2.24) is 4.98 Å². The first-order chi connectivity index (χ1) is 8.08.